The number of hydrogen-bond acceptors (Lipinski definition) is 4. The fraction of sp³-hybridized carbons (Fsp3) is 0.389. The number of hydrogen-bond donors (Lipinski definition) is 2. The summed E-state index contributed by atoms with van der Waals surface area (Å²) in [5, 5.41) is 6.11. The smallest absolute Gasteiger partial charge is 0.270 e. The Morgan fingerprint density at radius 2 is 2.04 bits per heavy atom. The van der Waals surface area contributed by atoms with Crippen LogP contribution in [0.2, 0.25) is 0 Å². The second-order valence-corrected chi connectivity index (χ2v) is 6.07. The van der Waals surface area contributed by atoms with Gasteiger partial charge in [-0.05, 0) is 24.8 Å². The fourth-order valence-corrected chi connectivity index (χ4v) is 2.16. The highest BCUT2D eigenvalue weighted by molar-refractivity contribution is 5.92. The fourth-order valence-electron chi connectivity index (χ4n) is 2.16. The molecule has 1 aromatic carbocycles. The number of amides is 1. The van der Waals surface area contributed by atoms with E-state index in [1.54, 1.807) is 6.07 Å². The van der Waals surface area contributed by atoms with Crippen molar-refractivity contribution < 1.29 is 4.79 Å². The van der Waals surface area contributed by atoms with Crippen LogP contribution in [0.4, 0.5) is 5.82 Å². The second-order valence-electron chi connectivity index (χ2n) is 6.07. The highest BCUT2D eigenvalue weighted by atomic mass is 16.1. The molecule has 0 radical (unpaired) electrons. The molecule has 23 heavy (non-hydrogen) atoms. The standard InChI is InChI=1S/C18H24N4O/c1-13(2)7-8-19-17-10-16(21-12-22-17)18(23)20-11-15-6-4-5-14(3)9-15/h4-6,9-10,12-13H,7-8,11H2,1-3H3,(H,20,23)(H,19,21,22). The molecule has 5 nitrogen and oxygen atoms in total. The summed E-state index contributed by atoms with van der Waals surface area (Å²) < 4.78 is 0. The Balaban J connectivity index is 1.91. The number of benzene rings is 1. The molecule has 0 saturated heterocycles. The van der Waals surface area contributed by atoms with E-state index in [1.165, 1.54) is 11.9 Å². The van der Waals surface area contributed by atoms with Gasteiger partial charge in [-0.15, -0.1) is 0 Å². The van der Waals surface area contributed by atoms with Crippen molar-refractivity contribution in [3.05, 3.63) is 53.5 Å². The summed E-state index contributed by atoms with van der Waals surface area (Å²) in [6, 6.07) is 9.75. The van der Waals surface area contributed by atoms with Crippen molar-refractivity contribution in [1.29, 1.82) is 0 Å². The van der Waals surface area contributed by atoms with Gasteiger partial charge in [0.2, 0.25) is 0 Å². The highest BCUT2D eigenvalue weighted by Crippen LogP contribution is 2.07. The summed E-state index contributed by atoms with van der Waals surface area (Å²) >= 11 is 0. The van der Waals surface area contributed by atoms with Crippen LogP contribution in [-0.4, -0.2) is 22.4 Å². The lowest BCUT2D eigenvalue weighted by Gasteiger charge is -2.09. The monoisotopic (exact) mass is 312 g/mol. The van der Waals surface area contributed by atoms with Crippen molar-refractivity contribution in [2.45, 2.75) is 33.7 Å². The zero-order valence-corrected chi connectivity index (χ0v) is 14.0. The van der Waals surface area contributed by atoms with Crippen molar-refractivity contribution in [2.75, 3.05) is 11.9 Å². The molecule has 1 amide bonds. The zero-order chi connectivity index (χ0) is 16.7. The van der Waals surface area contributed by atoms with Gasteiger partial charge in [0, 0.05) is 19.2 Å². The molecule has 0 fully saturated rings. The summed E-state index contributed by atoms with van der Waals surface area (Å²) in [5.41, 5.74) is 2.62. The number of nitrogens with zero attached hydrogens (tertiary/aromatic N) is 2. The Morgan fingerprint density at radius 1 is 1.22 bits per heavy atom. The van der Waals surface area contributed by atoms with E-state index in [0.29, 0.717) is 24.0 Å². The average molecular weight is 312 g/mol. The summed E-state index contributed by atoms with van der Waals surface area (Å²) in [4.78, 5) is 20.4. The lowest BCUT2D eigenvalue weighted by molar-refractivity contribution is 0.0946. The van der Waals surface area contributed by atoms with Crippen molar-refractivity contribution >= 4 is 11.7 Å². The Morgan fingerprint density at radius 3 is 2.78 bits per heavy atom. The van der Waals surface area contributed by atoms with Crippen molar-refractivity contribution in [2.24, 2.45) is 5.92 Å². The Bertz CT molecular complexity index is 655. The largest absolute Gasteiger partial charge is 0.370 e. The summed E-state index contributed by atoms with van der Waals surface area (Å²) in [7, 11) is 0. The summed E-state index contributed by atoms with van der Waals surface area (Å²) in [6.45, 7) is 7.70. The zero-order valence-electron chi connectivity index (χ0n) is 14.0. The topological polar surface area (TPSA) is 66.9 Å². The van der Waals surface area contributed by atoms with Crippen molar-refractivity contribution in [1.82, 2.24) is 15.3 Å². The van der Waals surface area contributed by atoms with Gasteiger partial charge in [0.1, 0.15) is 17.8 Å². The molecule has 0 atom stereocenters. The first kappa shape index (κ1) is 16.9. The summed E-state index contributed by atoms with van der Waals surface area (Å²) in [5.74, 6) is 1.11. The Labute approximate surface area is 137 Å². The number of rotatable bonds is 7. The molecule has 0 spiro atoms. The average Bonchev–Trinajstić information content (AvgIpc) is 2.52. The van der Waals surface area contributed by atoms with Gasteiger partial charge in [0.15, 0.2) is 0 Å². The molecular formula is C18H24N4O. The molecule has 5 heteroatoms. The molecule has 0 bridgehead atoms. The van der Waals surface area contributed by atoms with E-state index in [4.69, 9.17) is 0 Å². The minimum atomic E-state index is -0.194. The van der Waals surface area contributed by atoms with Crippen LogP contribution in [0.25, 0.3) is 0 Å². The predicted molar refractivity (Wildman–Crippen MR) is 92.3 cm³/mol. The van der Waals surface area contributed by atoms with Gasteiger partial charge in [0.25, 0.3) is 5.91 Å². The van der Waals surface area contributed by atoms with E-state index in [2.05, 4.69) is 40.5 Å². The first-order valence-corrected chi connectivity index (χ1v) is 7.94. The molecule has 0 saturated carbocycles. The number of anilines is 1. The number of carbonyl (C=O) groups excluding carboxylic acids is 1. The minimum Gasteiger partial charge on any atom is -0.370 e. The van der Waals surface area contributed by atoms with E-state index >= 15 is 0 Å². The SMILES string of the molecule is Cc1cccc(CNC(=O)c2cc(NCCC(C)C)ncn2)c1. The quantitative estimate of drug-likeness (QED) is 0.824. The first-order chi connectivity index (χ1) is 11.0. The van der Waals surface area contributed by atoms with Gasteiger partial charge < -0.3 is 10.6 Å². The highest BCUT2D eigenvalue weighted by Gasteiger charge is 2.08. The van der Waals surface area contributed by atoms with Crippen LogP contribution < -0.4 is 10.6 Å². The third-order valence-corrected chi connectivity index (χ3v) is 3.46. The molecule has 0 unspecified atom stereocenters. The molecule has 1 aromatic heterocycles. The molecule has 2 N–H and O–H groups in total. The molecule has 122 valence electrons. The van der Waals surface area contributed by atoms with Crippen molar-refractivity contribution in [3.8, 4) is 0 Å². The van der Waals surface area contributed by atoms with E-state index in [0.717, 1.165) is 18.5 Å². The number of nitrogens with one attached hydrogen (secondary N) is 2. The first-order valence-electron chi connectivity index (χ1n) is 7.94. The van der Waals surface area contributed by atoms with Gasteiger partial charge in [-0.25, -0.2) is 9.97 Å². The normalized spacial score (nSPS) is 10.6. The van der Waals surface area contributed by atoms with E-state index in [9.17, 15) is 4.79 Å². The maximum absolute atomic E-state index is 12.2. The number of aromatic nitrogens is 2. The van der Waals surface area contributed by atoms with Crippen LogP contribution in [0.1, 0.15) is 41.9 Å². The molecule has 1 heterocycles. The second kappa shape index (κ2) is 8.27. The van der Waals surface area contributed by atoms with Gasteiger partial charge in [-0.2, -0.15) is 0 Å². The molecule has 0 aliphatic rings. The van der Waals surface area contributed by atoms with Crippen LogP contribution in [-0.2, 0) is 6.54 Å². The number of carbonyl (C=O) groups is 1. The van der Waals surface area contributed by atoms with Crippen LogP contribution >= 0.6 is 0 Å². The molecular weight excluding hydrogens is 288 g/mol. The van der Waals surface area contributed by atoms with Gasteiger partial charge in [-0.1, -0.05) is 43.7 Å². The predicted octanol–water partition coefficient (Wildman–Crippen LogP) is 3.17. The van der Waals surface area contributed by atoms with E-state index in [-0.39, 0.29) is 5.91 Å². The van der Waals surface area contributed by atoms with E-state index in [1.807, 2.05) is 25.1 Å². The third kappa shape index (κ3) is 5.70. The van der Waals surface area contributed by atoms with Gasteiger partial charge >= 0.3 is 0 Å². The maximum Gasteiger partial charge on any atom is 0.270 e. The summed E-state index contributed by atoms with van der Waals surface area (Å²) in [6.07, 6.45) is 2.47. The van der Waals surface area contributed by atoms with Gasteiger partial charge in [0.05, 0.1) is 0 Å². The van der Waals surface area contributed by atoms with Crippen molar-refractivity contribution in [3.63, 3.8) is 0 Å². The van der Waals surface area contributed by atoms with Crippen LogP contribution in [0.15, 0.2) is 36.7 Å². The maximum atomic E-state index is 12.2. The van der Waals surface area contributed by atoms with Crippen LogP contribution in [0, 0.1) is 12.8 Å². The molecule has 0 aliphatic heterocycles. The number of aryl methyl sites for hydroxylation is 1. The lowest BCUT2D eigenvalue weighted by Crippen LogP contribution is -2.24. The Kier molecular flexibility index (Phi) is 6.09. The van der Waals surface area contributed by atoms with Crippen LogP contribution in [0.5, 0.6) is 0 Å². The minimum absolute atomic E-state index is 0.194. The molecule has 0 aliphatic carbocycles. The third-order valence-electron chi connectivity index (χ3n) is 3.46. The molecule has 2 rings (SSSR count). The van der Waals surface area contributed by atoms with E-state index < -0.39 is 0 Å². The Hall–Kier alpha value is -2.43. The molecule has 2 aromatic rings. The lowest BCUT2D eigenvalue weighted by atomic mass is 10.1. The van der Waals surface area contributed by atoms with Crippen LogP contribution in [0.3, 0.4) is 0 Å². The van der Waals surface area contributed by atoms with Gasteiger partial charge in [-0.3, -0.25) is 4.79 Å².